The maximum atomic E-state index is 13.1. The number of thiocarbonyl (C=S) groups is 1. The van der Waals surface area contributed by atoms with Crippen molar-refractivity contribution >= 4 is 46.3 Å². The summed E-state index contributed by atoms with van der Waals surface area (Å²) in [5.41, 5.74) is 3.18. The zero-order valence-electron chi connectivity index (χ0n) is 19.0. The number of carbonyl (C=O) groups excluding carboxylic acids is 2. The Balaban J connectivity index is 1.54. The van der Waals surface area contributed by atoms with E-state index < -0.39 is 5.97 Å². The monoisotopic (exact) mass is 489 g/mol. The fourth-order valence-corrected chi connectivity index (χ4v) is 5.05. The van der Waals surface area contributed by atoms with Gasteiger partial charge in [0.05, 0.1) is 23.6 Å². The van der Waals surface area contributed by atoms with E-state index in [0.29, 0.717) is 26.3 Å². The summed E-state index contributed by atoms with van der Waals surface area (Å²) in [5.74, 6) is 0.0880. The molecule has 0 aromatic heterocycles. The van der Waals surface area contributed by atoms with Crippen LogP contribution in [0.3, 0.4) is 0 Å². The summed E-state index contributed by atoms with van der Waals surface area (Å²) in [7, 11) is 1.50. The van der Waals surface area contributed by atoms with Crippen molar-refractivity contribution in [3.8, 4) is 11.5 Å². The van der Waals surface area contributed by atoms with Gasteiger partial charge in [-0.1, -0.05) is 78.1 Å². The number of hydrogen-bond donors (Lipinski definition) is 0. The summed E-state index contributed by atoms with van der Waals surface area (Å²) in [4.78, 5) is 27.8. The van der Waals surface area contributed by atoms with Crippen molar-refractivity contribution in [1.29, 1.82) is 0 Å². The van der Waals surface area contributed by atoms with E-state index in [-0.39, 0.29) is 11.9 Å². The van der Waals surface area contributed by atoms with E-state index >= 15 is 0 Å². The molecule has 4 rings (SSSR count). The SMILES string of the molecule is COc1cc(/C=C2/SC(=S)N([C@H](C)c3ccccc3)C2=O)ccc1OC(=O)c1cccc(C)c1. The first-order valence-electron chi connectivity index (χ1n) is 10.7. The van der Waals surface area contributed by atoms with E-state index in [1.165, 1.54) is 18.9 Å². The molecule has 5 nitrogen and oxygen atoms in total. The van der Waals surface area contributed by atoms with E-state index in [1.807, 2.05) is 50.2 Å². The van der Waals surface area contributed by atoms with Crippen LogP contribution in [0.25, 0.3) is 6.08 Å². The molecular weight excluding hydrogens is 466 g/mol. The van der Waals surface area contributed by atoms with Crippen molar-refractivity contribution < 1.29 is 19.1 Å². The van der Waals surface area contributed by atoms with Crippen LogP contribution in [-0.2, 0) is 4.79 Å². The highest BCUT2D eigenvalue weighted by Crippen LogP contribution is 2.39. The minimum atomic E-state index is -0.467. The normalized spacial score (nSPS) is 15.5. The topological polar surface area (TPSA) is 55.8 Å². The molecule has 3 aromatic rings. The molecule has 0 bridgehead atoms. The van der Waals surface area contributed by atoms with E-state index in [9.17, 15) is 9.59 Å². The second-order valence-corrected chi connectivity index (χ2v) is 9.48. The van der Waals surface area contributed by atoms with Crippen molar-refractivity contribution in [2.45, 2.75) is 19.9 Å². The van der Waals surface area contributed by atoms with Crippen molar-refractivity contribution in [1.82, 2.24) is 4.90 Å². The molecule has 0 aliphatic carbocycles. The van der Waals surface area contributed by atoms with Crippen molar-refractivity contribution in [2.75, 3.05) is 7.11 Å². The number of nitrogens with zero attached hydrogens (tertiary/aromatic N) is 1. The highest BCUT2D eigenvalue weighted by Gasteiger charge is 2.35. The van der Waals surface area contributed by atoms with Gasteiger partial charge in [-0.3, -0.25) is 9.69 Å². The highest BCUT2D eigenvalue weighted by atomic mass is 32.2. The van der Waals surface area contributed by atoms with Gasteiger partial charge in [0.15, 0.2) is 11.5 Å². The number of rotatable bonds is 6. The molecule has 7 heteroatoms. The van der Waals surface area contributed by atoms with E-state index in [4.69, 9.17) is 21.7 Å². The smallest absolute Gasteiger partial charge is 0.343 e. The number of carbonyl (C=O) groups is 2. The van der Waals surface area contributed by atoms with Crippen LogP contribution in [0.15, 0.2) is 77.7 Å². The van der Waals surface area contributed by atoms with Gasteiger partial charge in [0.2, 0.25) is 0 Å². The molecule has 0 N–H and O–H groups in total. The number of benzene rings is 3. The first kappa shape index (κ1) is 23.7. The van der Waals surface area contributed by atoms with Gasteiger partial charge in [-0.25, -0.2) is 4.79 Å². The molecule has 1 aliphatic heterocycles. The summed E-state index contributed by atoms with van der Waals surface area (Å²) in [6, 6.07) is 22.0. The Kier molecular flexibility index (Phi) is 7.14. The van der Waals surface area contributed by atoms with Crippen LogP contribution in [0.5, 0.6) is 11.5 Å². The average Bonchev–Trinajstić information content (AvgIpc) is 3.12. The van der Waals surface area contributed by atoms with Gasteiger partial charge in [-0.2, -0.15) is 0 Å². The number of methoxy groups -OCH3 is 1. The maximum absolute atomic E-state index is 13.1. The summed E-state index contributed by atoms with van der Waals surface area (Å²) in [6.45, 7) is 3.87. The predicted molar refractivity (Wildman–Crippen MR) is 139 cm³/mol. The average molecular weight is 490 g/mol. The number of amides is 1. The number of aryl methyl sites for hydroxylation is 1. The molecule has 1 fully saturated rings. The predicted octanol–water partition coefficient (Wildman–Crippen LogP) is 6.19. The van der Waals surface area contributed by atoms with Crippen LogP contribution in [0.1, 0.15) is 40.0 Å². The molecule has 3 aromatic carbocycles. The number of thioether (sulfide) groups is 1. The fraction of sp³-hybridized carbons (Fsp3) is 0.148. The van der Waals surface area contributed by atoms with Gasteiger partial charge in [0.25, 0.3) is 5.91 Å². The molecular formula is C27H23NO4S2. The van der Waals surface area contributed by atoms with Crippen molar-refractivity contribution in [2.24, 2.45) is 0 Å². The van der Waals surface area contributed by atoms with Crippen LogP contribution in [0.2, 0.25) is 0 Å². The quantitative estimate of drug-likeness (QED) is 0.178. The summed E-state index contributed by atoms with van der Waals surface area (Å²) in [5, 5.41) is 0. The molecule has 34 heavy (non-hydrogen) atoms. The molecule has 0 unspecified atom stereocenters. The van der Waals surface area contributed by atoms with Crippen LogP contribution >= 0.6 is 24.0 Å². The first-order valence-corrected chi connectivity index (χ1v) is 11.9. The minimum Gasteiger partial charge on any atom is -0.493 e. The van der Waals surface area contributed by atoms with E-state index in [1.54, 1.807) is 47.4 Å². The Labute approximate surface area is 208 Å². The third kappa shape index (κ3) is 5.05. The van der Waals surface area contributed by atoms with Gasteiger partial charge in [-0.15, -0.1) is 0 Å². The van der Waals surface area contributed by atoms with Gasteiger partial charge >= 0.3 is 5.97 Å². The lowest BCUT2D eigenvalue weighted by Crippen LogP contribution is -2.30. The van der Waals surface area contributed by atoms with Crippen LogP contribution in [0, 0.1) is 6.92 Å². The summed E-state index contributed by atoms with van der Waals surface area (Å²) < 4.78 is 11.5. The summed E-state index contributed by atoms with van der Waals surface area (Å²) >= 11 is 6.77. The lowest BCUT2D eigenvalue weighted by Gasteiger charge is -2.23. The van der Waals surface area contributed by atoms with Crippen LogP contribution < -0.4 is 9.47 Å². The third-order valence-corrected chi connectivity index (χ3v) is 6.77. The minimum absolute atomic E-state index is 0.139. The Hall–Kier alpha value is -3.42. The molecule has 1 atom stereocenters. The molecule has 1 aliphatic rings. The zero-order valence-corrected chi connectivity index (χ0v) is 20.6. The Morgan fingerprint density at radius 2 is 1.79 bits per heavy atom. The molecule has 1 saturated heterocycles. The zero-order chi connectivity index (χ0) is 24.2. The number of esters is 1. The number of hydrogen-bond acceptors (Lipinski definition) is 6. The van der Waals surface area contributed by atoms with Gasteiger partial charge in [-0.05, 0) is 55.3 Å². The molecule has 172 valence electrons. The molecule has 0 saturated carbocycles. The number of ether oxygens (including phenoxy) is 2. The van der Waals surface area contributed by atoms with Gasteiger partial charge in [0.1, 0.15) is 4.32 Å². The fourth-order valence-electron chi connectivity index (χ4n) is 3.63. The van der Waals surface area contributed by atoms with Crippen LogP contribution in [0.4, 0.5) is 0 Å². The van der Waals surface area contributed by atoms with Gasteiger partial charge < -0.3 is 9.47 Å². The van der Waals surface area contributed by atoms with E-state index in [2.05, 4.69) is 0 Å². The van der Waals surface area contributed by atoms with Crippen molar-refractivity contribution in [3.05, 3.63) is 100.0 Å². The maximum Gasteiger partial charge on any atom is 0.343 e. The van der Waals surface area contributed by atoms with E-state index in [0.717, 1.165) is 16.7 Å². The Bertz CT molecular complexity index is 1290. The first-order chi connectivity index (χ1) is 16.4. The molecule has 0 spiro atoms. The lowest BCUT2D eigenvalue weighted by atomic mass is 10.1. The Morgan fingerprint density at radius 1 is 1.03 bits per heavy atom. The molecule has 1 heterocycles. The van der Waals surface area contributed by atoms with Gasteiger partial charge in [0, 0.05) is 0 Å². The third-order valence-electron chi connectivity index (χ3n) is 5.43. The van der Waals surface area contributed by atoms with Crippen molar-refractivity contribution in [3.63, 3.8) is 0 Å². The molecule has 0 radical (unpaired) electrons. The second-order valence-electron chi connectivity index (χ2n) is 7.81. The largest absolute Gasteiger partial charge is 0.493 e. The lowest BCUT2D eigenvalue weighted by molar-refractivity contribution is -0.123. The molecule has 1 amide bonds. The Morgan fingerprint density at radius 3 is 2.50 bits per heavy atom. The summed E-state index contributed by atoms with van der Waals surface area (Å²) in [6.07, 6.45) is 1.77. The highest BCUT2D eigenvalue weighted by molar-refractivity contribution is 8.26. The van der Waals surface area contributed by atoms with Crippen LogP contribution in [-0.4, -0.2) is 28.2 Å². The standard InChI is InChI=1S/C27H23NO4S2/c1-17-8-7-11-21(14-17)26(30)32-22-13-12-19(15-23(22)31-3)16-24-25(29)28(27(33)34-24)18(2)20-9-5-4-6-10-20/h4-16,18H,1-3H3/b24-16+/t18-/m1/s1. The second kappa shape index (κ2) is 10.2.